The van der Waals surface area contributed by atoms with Gasteiger partial charge in [-0.2, -0.15) is 0 Å². The van der Waals surface area contributed by atoms with Crippen LogP contribution in [0.5, 0.6) is 0 Å². The zero-order valence-electron chi connectivity index (χ0n) is 16.1. The molecule has 1 aliphatic heterocycles. The quantitative estimate of drug-likeness (QED) is 0.475. The first-order chi connectivity index (χ1) is 14.3. The first-order valence-corrected chi connectivity index (χ1v) is 11.0. The lowest BCUT2D eigenvalue weighted by atomic mass is 9.97. The van der Waals surface area contributed by atoms with Crippen molar-refractivity contribution in [3.05, 3.63) is 72.7 Å². The molecule has 0 radical (unpaired) electrons. The second-order valence-corrected chi connectivity index (χ2v) is 8.51. The van der Waals surface area contributed by atoms with Crippen LogP contribution in [0.25, 0.3) is 16.4 Å². The first kappa shape index (κ1) is 18.2. The van der Waals surface area contributed by atoms with Crippen molar-refractivity contribution in [3.63, 3.8) is 0 Å². The molecular weight excluding hydrogens is 380 g/mol. The molecule has 5 nitrogen and oxygen atoms in total. The largest absolute Gasteiger partial charge is 0.341 e. The number of carbonyl (C=O) groups excluding carboxylic acids is 1. The third-order valence-electron chi connectivity index (χ3n) is 5.56. The van der Waals surface area contributed by atoms with E-state index in [0.717, 1.165) is 35.8 Å². The van der Waals surface area contributed by atoms with Crippen molar-refractivity contribution in [1.29, 1.82) is 0 Å². The molecule has 29 heavy (non-hydrogen) atoms. The number of likely N-dealkylation sites (tertiary alicyclic amines) is 1. The minimum atomic E-state index is 0.196. The maximum Gasteiger partial charge on any atom is 0.232 e. The van der Waals surface area contributed by atoms with Crippen molar-refractivity contribution in [1.82, 2.24) is 19.5 Å². The van der Waals surface area contributed by atoms with Gasteiger partial charge in [-0.1, -0.05) is 36.4 Å². The van der Waals surface area contributed by atoms with Crippen LogP contribution in [0.2, 0.25) is 0 Å². The number of amides is 1. The normalized spacial score (nSPS) is 17.1. The van der Waals surface area contributed by atoms with E-state index < -0.39 is 0 Å². The summed E-state index contributed by atoms with van der Waals surface area (Å²) >= 11 is 1.61. The fraction of sp³-hybridized carbons (Fsp3) is 0.261. The third kappa shape index (κ3) is 3.72. The van der Waals surface area contributed by atoms with Crippen molar-refractivity contribution < 1.29 is 4.79 Å². The Bertz CT molecular complexity index is 1170. The smallest absolute Gasteiger partial charge is 0.232 e. The number of carbonyl (C=O) groups is 1. The SMILES string of the molecule is O=C(CSc1ccc2ccccc2c1)N1CCCC(c2nnc3ccccn23)C1. The highest BCUT2D eigenvalue weighted by atomic mass is 32.2. The molecule has 0 aliphatic carbocycles. The fourth-order valence-corrected chi connectivity index (χ4v) is 4.89. The monoisotopic (exact) mass is 402 g/mol. The van der Waals surface area contributed by atoms with Crippen LogP contribution >= 0.6 is 11.8 Å². The van der Waals surface area contributed by atoms with Crippen molar-refractivity contribution in [3.8, 4) is 0 Å². The van der Waals surface area contributed by atoms with E-state index in [1.165, 1.54) is 10.8 Å². The van der Waals surface area contributed by atoms with Crippen molar-refractivity contribution in [2.45, 2.75) is 23.7 Å². The molecule has 1 saturated heterocycles. The highest BCUT2D eigenvalue weighted by molar-refractivity contribution is 8.00. The van der Waals surface area contributed by atoms with Gasteiger partial charge in [0.15, 0.2) is 5.65 Å². The average molecular weight is 403 g/mol. The Labute approximate surface area is 173 Å². The maximum atomic E-state index is 12.9. The van der Waals surface area contributed by atoms with Crippen molar-refractivity contribution in [2.75, 3.05) is 18.8 Å². The van der Waals surface area contributed by atoms with Gasteiger partial charge < -0.3 is 4.90 Å². The van der Waals surface area contributed by atoms with Crippen LogP contribution in [0, 0.1) is 0 Å². The molecule has 0 N–H and O–H groups in total. The lowest BCUT2D eigenvalue weighted by Crippen LogP contribution is -2.40. The standard InChI is InChI=1S/C23H22N4OS/c28-22(16-29-20-11-10-17-6-1-2-7-18(17)14-20)26-12-5-8-19(15-26)23-25-24-21-9-3-4-13-27(21)23/h1-4,6-7,9-11,13-14,19H,5,8,12,15-16H2. The van der Waals surface area contributed by atoms with E-state index in [1.54, 1.807) is 11.8 Å². The van der Waals surface area contributed by atoms with Gasteiger partial charge in [0, 0.05) is 30.1 Å². The number of fused-ring (bicyclic) bond motifs is 2. The molecule has 1 fully saturated rings. The number of nitrogens with zero attached hydrogens (tertiary/aromatic N) is 4. The van der Waals surface area contributed by atoms with E-state index in [9.17, 15) is 4.79 Å². The van der Waals surface area contributed by atoms with Gasteiger partial charge in [-0.05, 0) is 47.9 Å². The van der Waals surface area contributed by atoms with Crippen LogP contribution in [-0.4, -0.2) is 44.2 Å². The van der Waals surface area contributed by atoms with Gasteiger partial charge in [0.1, 0.15) is 5.82 Å². The van der Waals surface area contributed by atoms with Gasteiger partial charge in [-0.25, -0.2) is 0 Å². The molecular formula is C23H22N4OS. The Kier molecular flexibility index (Phi) is 4.94. The van der Waals surface area contributed by atoms with E-state index in [2.05, 4.69) is 40.5 Å². The molecule has 1 unspecified atom stereocenters. The van der Waals surface area contributed by atoms with Crippen LogP contribution in [0.1, 0.15) is 24.6 Å². The summed E-state index contributed by atoms with van der Waals surface area (Å²) in [5.74, 6) is 1.85. The molecule has 4 aromatic rings. The predicted molar refractivity (Wildman–Crippen MR) is 116 cm³/mol. The number of piperidine rings is 1. The number of hydrogen-bond donors (Lipinski definition) is 0. The molecule has 5 rings (SSSR count). The van der Waals surface area contributed by atoms with E-state index in [0.29, 0.717) is 12.3 Å². The molecule has 6 heteroatoms. The zero-order chi connectivity index (χ0) is 19.6. The zero-order valence-corrected chi connectivity index (χ0v) is 16.9. The van der Waals surface area contributed by atoms with Gasteiger partial charge in [0.2, 0.25) is 5.91 Å². The highest BCUT2D eigenvalue weighted by Crippen LogP contribution is 2.28. The predicted octanol–water partition coefficient (Wildman–Crippen LogP) is 4.38. The summed E-state index contributed by atoms with van der Waals surface area (Å²) in [5.41, 5.74) is 0.859. The molecule has 0 saturated carbocycles. The second-order valence-electron chi connectivity index (χ2n) is 7.46. The van der Waals surface area contributed by atoms with Gasteiger partial charge >= 0.3 is 0 Å². The molecule has 0 bridgehead atoms. The summed E-state index contributed by atoms with van der Waals surface area (Å²) in [5, 5.41) is 11.1. The maximum absolute atomic E-state index is 12.9. The number of benzene rings is 2. The Morgan fingerprint density at radius 2 is 1.90 bits per heavy atom. The summed E-state index contributed by atoms with van der Waals surface area (Å²) in [6.45, 7) is 1.54. The van der Waals surface area contributed by atoms with Crippen LogP contribution in [0.15, 0.2) is 71.8 Å². The lowest BCUT2D eigenvalue weighted by molar-refractivity contribution is -0.129. The lowest BCUT2D eigenvalue weighted by Gasteiger charge is -2.32. The first-order valence-electron chi connectivity index (χ1n) is 9.97. The summed E-state index contributed by atoms with van der Waals surface area (Å²) < 4.78 is 2.04. The number of aromatic nitrogens is 3. The van der Waals surface area contributed by atoms with E-state index >= 15 is 0 Å². The second kappa shape index (κ2) is 7.87. The topological polar surface area (TPSA) is 50.5 Å². The molecule has 3 heterocycles. The van der Waals surface area contributed by atoms with E-state index in [-0.39, 0.29) is 11.8 Å². The number of rotatable bonds is 4. The fourth-order valence-electron chi connectivity index (χ4n) is 4.05. The Hall–Kier alpha value is -2.86. The number of pyridine rings is 1. The minimum absolute atomic E-state index is 0.196. The Morgan fingerprint density at radius 3 is 2.83 bits per heavy atom. The molecule has 1 atom stereocenters. The van der Waals surface area contributed by atoms with Crippen LogP contribution in [0.3, 0.4) is 0 Å². The minimum Gasteiger partial charge on any atom is -0.341 e. The van der Waals surface area contributed by atoms with E-state index in [4.69, 9.17) is 0 Å². The average Bonchev–Trinajstić information content (AvgIpc) is 3.21. The summed E-state index contributed by atoms with van der Waals surface area (Å²) in [4.78, 5) is 16.0. The molecule has 0 spiro atoms. The highest BCUT2D eigenvalue weighted by Gasteiger charge is 2.27. The van der Waals surface area contributed by atoms with Gasteiger partial charge in [-0.15, -0.1) is 22.0 Å². The third-order valence-corrected chi connectivity index (χ3v) is 6.54. The Balaban J connectivity index is 1.26. The van der Waals surface area contributed by atoms with Gasteiger partial charge in [0.05, 0.1) is 5.75 Å². The molecule has 1 aliphatic rings. The molecule has 2 aromatic carbocycles. The van der Waals surface area contributed by atoms with Crippen LogP contribution < -0.4 is 0 Å². The van der Waals surface area contributed by atoms with E-state index in [1.807, 2.05) is 45.8 Å². The summed E-state index contributed by atoms with van der Waals surface area (Å²) in [7, 11) is 0. The van der Waals surface area contributed by atoms with Gasteiger partial charge in [0.25, 0.3) is 0 Å². The molecule has 146 valence electrons. The van der Waals surface area contributed by atoms with Crippen molar-refractivity contribution in [2.24, 2.45) is 0 Å². The Morgan fingerprint density at radius 1 is 1.03 bits per heavy atom. The summed E-state index contributed by atoms with van der Waals surface area (Å²) in [6, 6.07) is 20.6. The number of hydrogen-bond acceptors (Lipinski definition) is 4. The van der Waals surface area contributed by atoms with Crippen LogP contribution in [0.4, 0.5) is 0 Å². The summed E-state index contributed by atoms with van der Waals surface area (Å²) in [6.07, 6.45) is 4.04. The van der Waals surface area contributed by atoms with Gasteiger partial charge in [-0.3, -0.25) is 9.20 Å². The van der Waals surface area contributed by atoms with Crippen molar-refractivity contribution >= 4 is 34.1 Å². The molecule has 2 aromatic heterocycles. The molecule has 1 amide bonds. The van der Waals surface area contributed by atoms with Crippen LogP contribution in [-0.2, 0) is 4.79 Å². The number of thioether (sulfide) groups is 1.